The van der Waals surface area contributed by atoms with E-state index in [9.17, 15) is 0 Å². The summed E-state index contributed by atoms with van der Waals surface area (Å²) in [7, 11) is 0. The van der Waals surface area contributed by atoms with Crippen LogP contribution in [0.15, 0.2) is 77.9 Å². The molecule has 0 spiro atoms. The summed E-state index contributed by atoms with van der Waals surface area (Å²) in [6.07, 6.45) is 4.53. The van der Waals surface area contributed by atoms with Gasteiger partial charge in [-0.05, 0) is 91.7 Å². The van der Waals surface area contributed by atoms with Gasteiger partial charge in [0.15, 0.2) is 0 Å². The van der Waals surface area contributed by atoms with Crippen molar-refractivity contribution in [3.63, 3.8) is 0 Å². The molecule has 0 heterocycles. The molecule has 2 aliphatic rings. The molecule has 0 amide bonds. The Labute approximate surface area is 231 Å². The number of rotatable bonds is 3. The van der Waals surface area contributed by atoms with Crippen molar-refractivity contribution in [1.29, 1.82) is 0 Å². The third-order valence-corrected chi connectivity index (χ3v) is 8.84. The average molecular weight is 503 g/mol. The second-order valence-corrected chi connectivity index (χ2v) is 14.8. The fraction of sp³-hybridized carbons (Fsp3) is 0.421. The van der Waals surface area contributed by atoms with Gasteiger partial charge in [-0.15, -0.1) is 0 Å². The van der Waals surface area contributed by atoms with Crippen molar-refractivity contribution in [2.45, 2.75) is 98.8 Å². The molecular weight excluding hydrogens is 456 g/mol. The minimum atomic E-state index is 0.131. The molecule has 0 nitrogen and oxygen atoms in total. The first kappa shape index (κ1) is 26.7. The van der Waals surface area contributed by atoms with E-state index in [2.05, 4.69) is 136 Å². The molecule has 198 valence electrons. The second kappa shape index (κ2) is 9.11. The number of benzene rings is 3. The summed E-state index contributed by atoms with van der Waals surface area (Å²) in [5, 5.41) is 0. The van der Waals surface area contributed by atoms with Crippen LogP contribution in [0.2, 0.25) is 0 Å². The van der Waals surface area contributed by atoms with Gasteiger partial charge in [-0.3, -0.25) is 0 Å². The Morgan fingerprint density at radius 3 is 1.63 bits per heavy atom. The molecule has 38 heavy (non-hydrogen) atoms. The van der Waals surface area contributed by atoms with Crippen molar-refractivity contribution in [1.82, 2.24) is 0 Å². The predicted molar refractivity (Wildman–Crippen MR) is 166 cm³/mol. The van der Waals surface area contributed by atoms with Gasteiger partial charge in [0.25, 0.3) is 0 Å². The van der Waals surface area contributed by atoms with Crippen molar-refractivity contribution in [2.24, 2.45) is 5.41 Å². The molecule has 5 rings (SSSR count). The lowest BCUT2D eigenvalue weighted by molar-refractivity contribution is 0.497. The topological polar surface area (TPSA) is 0 Å². The molecule has 0 radical (unpaired) electrons. The third-order valence-electron chi connectivity index (χ3n) is 8.84. The first-order chi connectivity index (χ1) is 17.6. The van der Waals surface area contributed by atoms with Crippen molar-refractivity contribution >= 4 is 5.57 Å². The van der Waals surface area contributed by atoms with Gasteiger partial charge in [-0.1, -0.05) is 135 Å². The fourth-order valence-corrected chi connectivity index (χ4v) is 6.24. The van der Waals surface area contributed by atoms with Crippen LogP contribution < -0.4 is 0 Å². The van der Waals surface area contributed by atoms with Gasteiger partial charge in [0.2, 0.25) is 0 Å². The van der Waals surface area contributed by atoms with Crippen molar-refractivity contribution < 1.29 is 0 Å². The molecule has 0 saturated heterocycles. The number of allylic oxidation sites excluding steroid dienone is 4. The van der Waals surface area contributed by atoms with Crippen LogP contribution in [0.25, 0.3) is 16.7 Å². The summed E-state index contributed by atoms with van der Waals surface area (Å²) in [5.74, 6) is 0.376. The highest BCUT2D eigenvalue weighted by atomic mass is 14.4. The van der Waals surface area contributed by atoms with Crippen LogP contribution in [-0.2, 0) is 17.3 Å². The quantitative estimate of drug-likeness (QED) is 0.334. The summed E-state index contributed by atoms with van der Waals surface area (Å²) < 4.78 is 0. The van der Waals surface area contributed by atoms with Crippen LogP contribution in [0.5, 0.6) is 0 Å². The molecular formula is C38H46. The minimum absolute atomic E-state index is 0.131. The van der Waals surface area contributed by atoms with Crippen LogP contribution >= 0.6 is 0 Å². The van der Waals surface area contributed by atoms with Crippen LogP contribution in [0.3, 0.4) is 0 Å². The molecule has 0 aromatic heterocycles. The van der Waals surface area contributed by atoms with E-state index in [0.29, 0.717) is 5.92 Å². The monoisotopic (exact) mass is 502 g/mol. The number of fused-ring (bicyclic) bond motifs is 3. The molecule has 0 saturated carbocycles. The Balaban J connectivity index is 1.60. The lowest BCUT2D eigenvalue weighted by Crippen LogP contribution is -2.11. The molecule has 0 fully saturated rings. The van der Waals surface area contributed by atoms with Crippen molar-refractivity contribution in [3.8, 4) is 11.1 Å². The van der Waals surface area contributed by atoms with E-state index in [1.165, 1.54) is 55.7 Å². The van der Waals surface area contributed by atoms with Crippen LogP contribution in [-0.4, -0.2) is 0 Å². The molecule has 2 aliphatic carbocycles. The van der Waals surface area contributed by atoms with Gasteiger partial charge >= 0.3 is 0 Å². The maximum absolute atomic E-state index is 2.48. The van der Waals surface area contributed by atoms with E-state index in [-0.39, 0.29) is 16.2 Å². The highest BCUT2D eigenvalue weighted by molar-refractivity contribution is 5.82. The SMILES string of the molecule is CC1=C(c2ccccc2CC2c3ccc(C(C)(C)C)cc3-c3cc(C(C)(C)C)ccc32)CC(C(C)(C)C)=C1. The van der Waals surface area contributed by atoms with Gasteiger partial charge in [0.1, 0.15) is 0 Å². The number of hydrogen-bond donors (Lipinski definition) is 0. The van der Waals surface area contributed by atoms with Gasteiger partial charge < -0.3 is 0 Å². The Bertz CT molecular complexity index is 1390. The van der Waals surface area contributed by atoms with E-state index >= 15 is 0 Å². The Morgan fingerprint density at radius 2 is 1.16 bits per heavy atom. The molecule has 0 atom stereocenters. The third kappa shape index (κ3) is 4.84. The lowest BCUT2D eigenvalue weighted by atomic mass is 9.81. The Hall–Kier alpha value is -2.86. The highest BCUT2D eigenvalue weighted by Crippen LogP contribution is 2.50. The van der Waals surface area contributed by atoms with Crippen molar-refractivity contribution in [3.05, 3.63) is 111 Å². The van der Waals surface area contributed by atoms with E-state index in [0.717, 1.165) is 12.8 Å². The summed E-state index contributed by atoms with van der Waals surface area (Å²) in [4.78, 5) is 0. The first-order valence-corrected chi connectivity index (χ1v) is 14.4. The van der Waals surface area contributed by atoms with Crippen LogP contribution in [0.1, 0.15) is 115 Å². The normalized spacial score (nSPS) is 16.1. The standard InChI is InChI=1S/C38H46/c1-24-19-28(38(8,9)10)23-32(24)29-14-12-11-13-25(29)20-33-30-17-15-26(36(2,3)4)21-34(30)35-22-27(37(5,6)7)16-18-31(33)35/h11-19,21-22,33H,20,23H2,1-10H3. The summed E-state index contributed by atoms with van der Waals surface area (Å²) >= 11 is 0. The Kier molecular flexibility index (Phi) is 6.41. The van der Waals surface area contributed by atoms with E-state index in [1.807, 2.05) is 0 Å². The summed E-state index contributed by atoms with van der Waals surface area (Å²) in [6.45, 7) is 23.2. The smallest absolute Gasteiger partial charge is 0.0142 e. The first-order valence-electron chi connectivity index (χ1n) is 14.4. The van der Waals surface area contributed by atoms with Crippen LogP contribution in [0.4, 0.5) is 0 Å². The molecule has 0 aliphatic heterocycles. The molecule has 0 bridgehead atoms. The lowest BCUT2D eigenvalue weighted by Gasteiger charge is -2.23. The maximum atomic E-state index is 2.48. The predicted octanol–water partition coefficient (Wildman–Crippen LogP) is 10.8. The molecule has 0 N–H and O–H groups in total. The van der Waals surface area contributed by atoms with E-state index < -0.39 is 0 Å². The molecule has 3 aromatic rings. The van der Waals surface area contributed by atoms with Gasteiger partial charge in [-0.2, -0.15) is 0 Å². The van der Waals surface area contributed by atoms with Crippen LogP contribution in [0, 0.1) is 5.41 Å². The summed E-state index contributed by atoms with van der Waals surface area (Å²) in [5.41, 5.74) is 16.5. The van der Waals surface area contributed by atoms with Gasteiger partial charge in [0, 0.05) is 5.92 Å². The molecule has 3 aromatic carbocycles. The highest BCUT2D eigenvalue weighted by Gasteiger charge is 2.32. The molecule has 0 unspecified atom stereocenters. The zero-order valence-corrected chi connectivity index (χ0v) is 25.3. The molecule has 0 heteroatoms. The Morgan fingerprint density at radius 1 is 0.632 bits per heavy atom. The zero-order valence-electron chi connectivity index (χ0n) is 25.3. The second-order valence-electron chi connectivity index (χ2n) is 14.8. The van der Waals surface area contributed by atoms with Gasteiger partial charge in [0.05, 0.1) is 0 Å². The minimum Gasteiger partial charge on any atom is -0.0620 e. The van der Waals surface area contributed by atoms with E-state index in [4.69, 9.17) is 0 Å². The largest absolute Gasteiger partial charge is 0.0620 e. The maximum Gasteiger partial charge on any atom is 0.0142 e. The number of hydrogen-bond acceptors (Lipinski definition) is 0. The summed E-state index contributed by atoms with van der Waals surface area (Å²) in [6, 6.07) is 23.7. The zero-order chi connectivity index (χ0) is 27.6. The van der Waals surface area contributed by atoms with Gasteiger partial charge in [-0.25, -0.2) is 0 Å². The average Bonchev–Trinajstić information content (AvgIpc) is 3.36. The fourth-order valence-electron chi connectivity index (χ4n) is 6.24. The van der Waals surface area contributed by atoms with Crippen molar-refractivity contribution in [2.75, 3.05) is 0 Å². The van der Waals surface area contributed by atoms with E-state index in [1.54, 1.807) is 5.57 Å².